The summed E-state index contributed by atoms with van der Waals surface area (Å²) >= 11 is 1.77. The Morgan fingerprint density at radius 3 is 3.05 bits per heavy atom. The zero-order valence-electron chi connectivity index (χ0n) is 11.2. The van der Waals surface area contributed by atoms with E-state index in [0.29, 0.717) is 6.54 Å². The summed E-state index contributed by atoms with van der Waals surface area (Å²) < 4.78 is 0. The average molecular weight is 283 g/mol. The number of carbonyl (C=O) groups excluding carboxylic acids is 1. The minimum Gasteiger partial charge on any atom is -0.394 e. The van der Waals surface area contributed by atoms with E-state index in [-0.39, 0.29) is 18.7 Å². The van der Waals surface area contributed by atoms with Gasteiger partial charge in [-0.1, -0.05) is 6.92 Å². The van der Waals surface area contributed by atoms with E-state index in [1.165, 1.54) is 17.0 Å². The highest BCUT2D eigenvalue weighted by atomic mass is 32.1. The van der Waals surface area contributed by atoms with Gasteiger partial charge in [0.15, 0.2) is 0 Å². The van der Waals surface area contributed by atoms with Gasteiger partial charge >= 0.3 is 6.03 Å². The first-order valence-electron chi connectivity index (χ1n) is 6.85. The van der Waals surface area contributed by atoms with Crippen molar-refractivity contribution in [2.75, 3.05) is 13.2 Å². The number of rotatable bonds is 6. The number of urea groups is 1. The van der Waals surface area contributed by atoms with Crippen LogP contribution < -0.4 is 10.6 Å². The molecule has 2 rings (SSSR count). The van der Waals surface area contributed by atoms with Crippen LogP contribution in [0.3, 0.4) is 0 Å². The molecule has 19 heavy (non-hydrogen) atoms. The number of nitrogens with one attached hydrogen (secondary N) is 2. The van der Waals surface area contributed by atoms with Gasteiger partial charge in [0.1, 0.15) is 0 Å². The van der Waals surface area contributed by atoms with E-state index in [1.807, 2.05) is 6.92 Å². The molecule has 0 fully saturated rings. The topological polar surface area (TPSA) is 74.2 Å². The molecule has 0 aromatic carbocycles. The molecule has 1 aliphatic rings. The zero-order chi connectivity index (χ0) is 13.7. The summed E-state index contributed by atoms with van der Waals surface area (Å²) in [5, 5.41) is 15.6. The summed E-state index contributed by atoms with van der Waals surface area (Å²) in [6.45, 7) is 2.49. The number of fused-ring (bicyclic) bond motifs is 1. The Morgan fingerprint density at radius 1 is 1.53 bits per heavy atom. The van der Waals surface area contributed by atoms with Gasteiger partial charge in [-0.15, -0.1) is 11.3 Å². The van der Waals surface area contributed by atoms with E-state index in [1.54, 1.807) is 11.3 Å². The van der Waals surface area contributed by atoms with E-state index >= 15 is 0 Å². The molecule has 3 N–H and O–H groups in total. The monoisotopic (exact) mass is 283 g/mol. The van der Waals surface area contributed by atoms with Crippen LogP contribution in [0, 0.1) is 0 Å². The molecule has 2 amide bonds. The normalized spacial score (nSPS) is 15.1. The fourth-order valence-corrected chi connectivity index (χ4v) is 3.30. The average Bonchev–Trinajstić information content (AvgIpc) is 2.96. The van der Waals surface area contributed by atoms with E-state index in [9.17, 15) is 4.79 Å². The number of hydrogen-bond acceptors (Lipinski definition) is 4. The lowest BCUT2D eigenvalue weighted by Gasteiger charge is -2.14. The van der Waals surface area contributed by atoms with Crippen molar-refractivity contribution in [2.45, 2.75) is 45.1 Å². The quantitative estimate of drug-likeness (QED) is 0.735. The van der Waals surface area contributed by atoms with Gasteiger partial charge in [0.2, 0.25) is 0 Å². The van der Waals surface area contributed by atoms with E-state index < -0.39 is 0 Å². The van der Waals surface area contributed by atoms with Crippen LogP contribution in [0.5, 0.6) is 0 Å². The van der Waals surface area contributed by atoms with Crippen molar-refractivity contribution in [3.63, 3.8) is 0 Å². The molecule has 5 nitrogen and oxygen atoms in total. The molecule has 1 heterocycles. The number of aliphatic hydroxyl groups excluding tert-OH is 1. The van der Waals surface area contributed by atoms with Gasteiger partial charge in [0.25, 0.3) is 0 Å². The fraction of sp³-hybridized carbons (Fsp3) is 0.692. The molecule has 1 aliphatic carbocycles. The Morgan fingerprint density at radius 2 is 2.37 bits per heavy atom. The van der Waals surface area contributed by atoms with Crippen LogP contribution >= 0.6 is 11.3 Å². The molecule has 1 aromatic rings. The van der Waals surface area contributed by atoms with Crippen molar-refractivity contribution in [1.82, 2.24) is 15.6 Å². The lowest BCUT2D eigenvalue weighted by atomic mass is 10.2. The summed E-state index contributed by atoms with van der Waals surface area (Å²) in [5.41, 5.74) is 1.26. The summed E-state index contributed by atoms with van der Waals surface area (Å²) in [5.74, 6) is 0. The number of nitrogens with zero attached hydrogens (tertiary/aromatic N) is 1. The summed E-state index contributed by atoms with van der Waals surface area (Å²) in [4.78, 5) is 17.6. The third kappa shape index (κ3) is 3.91. The van der Waals surface area contributed by atoms with Crippen molar-refractivity contribution in [3.8, 4) is 0 Å². The zero-order valence-corrected chi connectivity index (χ0v) is 12.1. The van der Waals surface area contributed by atoms with Crippen molar-refractivity contribution in [3.05, 3.63) is 15.6 Å². The molecular weight excluding hydrogens is 262 g/mol. The van der Waals surface area contributed by atoms with Gasteiger partial charge in [0, 0.05) is 17.8 Å². The molecule has 0 spiro atoms. The predicted molar refractivity (Wildman–Crippen MR) is 75.5 cm³/mol. The highest BCUT2D eigenvalue weighted by molar-refractivity contribution is 7.11. The van der Waals surface area contributed by atoms with Crippen molar-refractivity contribution < 1.29 is 9.90 Å². The number of aromatic nitrogens is 1. The SMILES string of the molecule is CC[C@H](CO)NC(=O)NCCc1nc2c(s1)CCC2. The predicted octanol–water partition coefficient (Wildman–Crippen LogP) is 1.24. The highest BCUT2D eigenvalue weighted by Gasteiger charge is 2.16. The molecule has 1 aromatic heterocycles. The van der Waals surface area contributed by atoms with Crippen LogP contribution in [0.4, 0.5) is 4.79 Å². The summed E-state index contributed by atoms with van der Waals surface area (Å²) in [6.07, 6.45) is 5.00. The minimum atomic E-state index is -0.218. The third-order valence-electron chi connectivity index (χ3n) is 3.31. The molecule has 0 unspecified atom stereocenters. The second-order valence-corrected chi connectivity index (χ2v) is 5.94. The molecule has 0 saturated carbocycles. The van der Waals surface area contributed by atoms with Gasteiger partial charge in [-0.2, -0.15) is 0 Å². The first kappa shape index (κ1) is 14.3. The second-order valence-electron chi connectivity index (χ2n) is 4.77. The maximum Gasteiger partial charge on any atom is 0.315 e. The lowest BCUT2D eigenvalue weighted by Crippen LogP contribution is -2.44. The first-order valence-corrected chi connectivity index (χ1v) is 7.67. The smallest absolute Gasteiger partial charge is 0.315 e. The van der Waals surface area contributed by atoms with E-state index in [4.69, 9.17) is 5.11 Å². The molecule has 0 radical (unpaired) electrons. The van der Waals surface area contributed by atoms with Crippen molar-refractivity contribution >= 4 is 17.4 Å². The number of hydrogen-bond donors (Lipinski definition) is 3. The minimum absolute atomic E-state index is 0.0247. The molecule has 0 bridgehead atoms. The number of aliphatic hydroxyl groups is 1. The van der Waals surface area contributed by atoms with Crippen LogP contribution in [-0.4, -0.2) is 35.3 Å². The molecular formula is C13H21N3O2S. The maximum absolute atomic E-state index is 11.6. The Hall–Kier alpha value is -1.14. The van der Waals surface area contributed by atoms with E-state index in [2.05, 4.69) is 15.6 Å². The Balaban J connectivity index is 1.69. The van der Waals surface area contributed by atoms with Gasteiger partial charge in [0.05, 0.1) is 23.4 Å². The number of amides is 2. The lowest BCUT2D eigenvalue weighted by molar-refractivity contribution is 0.214. The summed E-state index contributed by atoms with van der Waals surface area (Å²) in [6, 6.07) is -0.381. The molecule has 0 aliphatic heterocycles. The molecule has 106 valence electrons. The Bertz CT molecular complexity index is 408. The Labute approximate surface area is 117 Å². The third-order valence-corrected chi connectivity index (χ3v) is 4.53. The van der Waals surface area contributed by atoms with Gasteiger partial charge in [-0.25, -0.2) is 9.78 Å². The van der Waals surface area contributed by atoms with Gasteiger partial charge in [-0.3, -0.25) is 0 Å². The van der Waals surface area contributed by atoms with Gasteiger partial charge in [-0.05, 0) is 25.7 Å². The first-order chi connectivity index (χ1) is 9.22. The van der Waals surface area contributed by atoms with Crippen LogP contribution in [0.2, 0.25) is 0 Å². The molecule has 1 atom stereocenters. The van der Waals surface area contributed by atoms with Gasteiger partial charge < -0.3 is 15.7 Å². The molecule has 6 heteroatoms. The Kier molecular flexibility index (Phi) is 5.15. The van der Waals surface area contributed by atoms with Crippen molar-refractivity contribution in [1.29, 1.82) is 0 Å². The number of carbonyl (C=O) groups is 1. The summed E-state index contributed by atoms with van der Waals surface area (Å²) in [7, 11) is 0. The second kappa shape index (κ2) is 6.86. The van der Waals surface area contributed by atoms with Crippen LogP contribution in [0.25, 0.3) is 0 Å². The maximum atomic E-state index is 11.6. The molecule has 0 saturated heterocycles. The standard InChI is InChI=1S/C13H21N3O2S/c1-2-9(8-17)15-13(18)14-7-6-12-16-10-4-3-5-11(10)19-12/h9,17H,2-8H2,1H3,(H2,14,15,18)/t9-/m1/s1. The van der Waals surface area contributed by atoms with Crippen molar-refractivity contribution in [2.24, 2.45) is 0 Å². The number of thiazole rings is 1. The van der Waals surface area contributed by atoms with Crippen LogP contribution in [0.15, 0.2) is 0 Å². The fourth-order valence-electron chi connectivity index (χ4n) is 2.15. The number of aryl methyl sites for hydroxylation is 2. The highest BCUT2D eigenvalue weighted by Crippen LogP contribution is 2.27. The largest absolute Gasteiger partial charge is 0.394 e. The van der Waals surface area contributed by atoms with Crippen LogP contribution in [0.1, 0.15) is 35.3 Å². The van der Waals surface area contributed by atoms with E-state index in [0.717, 1.165) is 30.7 Å². The van der Waals surface area contributed by atoms with Crippen LogP contribution in [-0.2, 0) is 19.3 Å².